The van der Waals surface area contributed by atoms with Crippen LogP contribution in [0.2, 0.25) is 0 Å². The number of carbonyl (C=O) groups excluding carboxylic acids is 2. The van der Waals surface area contributed by atoms with Crippen molar-refractivity contribution in [2.24, 2.45) is 0 Å². The minimum atomic E-state index is -1.22. The van der Waals surface area contributed by atoms with Crippen molar-refractivity contribution in [2.75, 3.05) is 11.9 Å². The molecular formula is C20H25NO4. The van der Waals surface area contributed by atoms with Gasteiger partial charge in [0.25, 0.3) is 5.79 Å². The Morgan fingerprint density at radius 1 is 1.12 bits per heavy atom. The molecule has 0 aromatic heterocycles. The number of hydrogen-bond acceptors (Lipinski definition) is 5. The van der Waals surface area contributed by atoms with Gasteiger partial charge in [0, 0.05) is 32.1 Å². The van der Waals surface area contributed by atoms with Crippen LogP contribution in [0.3, 0.4) is 0 Å². The predicted molar refractivity (Wildman–Crippen MR) is 96.2 cm³/mol. The molecule has 3 rings (SSSR count). The number of nitrogens with zero attached hydrogens (tertiary/aromatic N) is 1. The highest BCUT2D eigenvalue weighted by Gasteiger charge is 2.39. The Bertz CT molecular complexity index is 754. The van der Waals surface area contributed by atoms with E-state index in [1.165, 1.54) is 25.1 Å². The summed E-state index contributed by atoms with van der Waals surface area (Å²) in [5.41, 5.74) is 3.21. The fraction of sp³-hybridized carbons (Fsp3) is 0.500. The van der Waals surface area contributed by atoms with Crippen LogP contribution in [0.1, 0.15) is 58.1 Å². The zero-order chi connectivity index (χ0) is 18.6. The number of rotatable bonds is 1. The molecule has 0 radical (unpaired) electrons. The molecule has 134 valence electrons. The van der Waals surface area contributed by atoms with Crippen LogP contribution in [0.25, 0.3) is 6.08 Å². The fourth-order valence-corrected chi connectivity index (χ4v) is 3.63. The van der Waals surface area contributed by atoms with Gasteiger partial charge in [-0.2, -0.15) is 0 Å². The van der Waals surface area contributed by atoms with Crippen LogP contribution in [-0.2, 0) is 19.1 Å². The first kappa shape index (κ1) is 17.5. The van der Waals surface area contributed by atoms with Crippen LogP contribution in [0.15, 0.2) is 23.8 Å². The summed E-state index contributed by atoms with van der Waals surface area (Å²) in [6.45, 7) is 9.75. The topological polar surface area (TPSA) is 55.8 Å². The molecule has 1 atom stereocenters. The van der Waals surface area contributed by atoms with Crippen molar-refractivity contribution in [3.8, 4) is 0 Å². The Labute approximate surface area is 148 Å². The Hall–Kier alpha value is -2.30. The first-order valence-electron chi connectivity index (χ1n) is 8.56. The molecule has 0 bridgehead atoms. The van der Waals surface area contributed by atoms with Gasteiger partial charge in [-0.25, -0.2) is 9.59 Å². The van der Waals surface area contributed by atoms with Crippen molar-refractivity contribution in [3.05, 3.63) is 34.9 Å². The summed E-state index contributed by atoms with van der Waals surface area (Å²) in [6.07, 6.45) is 2.58. The van der Waals surface area contributed by atoms with Gasteiger partial charge in [0.1, 0.15) is 5.57 Å². The number of carbonyl (C=O) groups is 2. The van der Waals surface area contributed by atoms with Crippen molar-refractivity contribution >= 4 is 23.7 Å². The molecule has 1 fully saturated rings. The van der Waals surface area contributed by atoms with E-state index in [0.29, 0.717) is 5.92 Å². The van der Waals surface area contributed by atoms with Crippen LogP contribution in [0, 0.1) is 0 Å². The maximum atomic E-state index is 12.1. The van der Waals surface area contributed by atoms with E-state index in [9.17, 15) is 9.59 Å². The van der Waals surface area contributed by atoms with E-state index >= 15 is 0 Å². The monoisotopic (exact) mass is 343 g/mol. The molecule has 0 spiro atoms. The molecule has 5 nitrogen and oxygen atoms in total. The van der Waals surface area contributed by atoms with E-state index in [1.807, 2.05) is 18.2 Å². The summed E-state index contributed by atoms with van der Waals surface area (Å²) in [6, 6.07) is 6.00. The van der Waals surface area contributed by atoms with Crippen molar-refractivity contribution in [1.82, 2.24) is 0 Å². The summed E-state index contributed by atoms with van der Waals surface area (Å²) in [5.74, 6) is -2.12. The number of esters is 2. The summed E-state index contributed by atoms with van der Waals surface area (Å²) in [7, 11) is 2.10. The maximum Gasteiger partial charge on any atom is 0.348 e. The predicted octanol–water partition coefficient (Wildman–Crippen LogP) is 3.63. The van der Waals surface area contributed by atoms with Crippen LogP contribution in [0.4, 0.5) is 5.69 Å². The van der Waals surface area contributed by atoms with Gasteiger partial charge in [0.2, 0.25) is 0 Å². The van der Waals surface area contributed by atoms with E-state index < -0.39 is 17.7 Å². The lowest BCUT2D eigenvalue weighted by molar-refractivity contribution is -0.222. The number of ether oxygens (including phenoxy) is 2. The van der Waals surface area contributed by atoms with Gasteiger partial charge in [-0.05, 0) is 55.5 Å². The van der Waals surface area contributed by atoms with Crippen molar-refractivity contribution < 1.29 is 19.1 Å². The molecule has 2 aliphatic heterocycles. The molecule has 1 unspecified atom stereocenters. The van der Waals surface area contributed by atoms with Crippen molar-refractivity contribution in [2.45, 2.75) is 58.3 Å². The molecule has 2 aliphatic rings. The molecule has 1 aromatic carbocycles. The third kappa shape index (κ3) is 3.15. The zero-order valence-corrected chi connectivity index (χ0v) is 15.7. The van der Waals surface area contributed by atoms with Crippen LogP contribution >= 0.6 is 0 Å². The molecule has 2 heterocycles. The Balaban J connectivity index is 1.97. The molecule has 0 aliphatic carbocycles. The summed E-state index contributed by atoms with van der Waals surface area (Å²) >= 11 is 0. The van der Waals surface area contributed by atoms with E-state index in [1.54, 1.807) is 6.08 Å². The SMILES string of the molecule is CC1CC(C)(C)N(C)c2ccc(C=C3C(=O)OC(C)(C)OC3=O)cc21. The molecule has 5 heteroatoms. The van der Waals surface area contributed by atoms with Crippen LogP contribution in [-0.4, -0.2) is 30.3 Å². The fourth-order valence-electron chi connectivity index (χ4n) is 3.63. The van der Waals surface area contributed by atoms with E-state index in [4.69, 9.17) is 9.47 Å². The molecular weight excluding hydrogens is 318 g/mol. The van der Waals surface area contributed by atoms with Gasteiger partial charge in [-0.1, -0.05) is 13.0 Å². The smallest absolute Gasteiger partial charge is 0.348 e. The van der Waals surface area contributed by atoms with Crippen molar-refractivity contribution in [3.63, 3.8) is 0 Å². The lowest BCUT2D eigenvalue weighted by Gasteiger charge is -2.45. The van der Waals surface area contributed by atoms with Gasteiger partial charge < -0.3 is 14.4 Å². The van der Waals surface area contributed by atoms with E-state index in [-0.39, 0.29) is 11.1 Å². The Morgan fingerprint density at radius 2 is 1.72 bits per heavy atom. The molecule has 0 amide bonds. The number of benzene rings is 1. The lowest BCUT2D eigenvalue weighted by Crippen LogP contribution is -2.45. The second-order valence-electron chi connectivity index (χ2n) is 8.03. The second kappa shape index (κ2) is 5.61. The average molecular weight is 343 g/mol. The molecule has 0 N–H and O–H groups in total. The third-order valence-electron chi connectivity index (χ3n) is 5.09. The van der Waals surface area contributed by atoms with Gasteiger partial charge in [-0.15, -0.1) is 0 Å². The quantitative estimate of drug-likeness (QED) is 0.443. The zero-order valence-electron chi connectivity index (χ0n) is 15.7. The number of fused-ring (bicyclic) bond motifs is 1. The van der Waals surface area contributed by atoms with E-state index in [0.717, 1.165) is 12.0 Å². The van der Waals surface area contributed by atoms with Gasteiger partial charge in [0.15, 0.2) is 0 Å². The van der Waals surface area contributed by atoms with Crippen molar-refractivity contribution in [1.29, 1.82) is 0 Å². The summed E-state index contributed by atoms with van der Waals surface area (Å²) in [4.78, 5) is 26.5. The summed E-state index contributed by atoms with van der Waals surface area (Å²) < 4.78 is 10.3. The standard InChI is InChI=1S/C20H25NO4/c1-12-11-19(2,3)21(6)16-8-7-13(9-14(12)16)10-15-17(22)24-20(4,5)25-18(15)23/h7-10,12H,11H2,1-6H3. The second-order valence-corrected chi connectivity index (χ2v) is 8.03. The summed E-state index contributed by atoms with van der Waals surface area (Å²) in [5, 5.41) is 0. The van der Waals surface area contributed by atoms with Gasteiger partial charge >= 0.3 is 11.9 Å². The first-order chi connectivity index (χ1) is 11.5. The Kier molecular flexibility index (Phi) is 3.93. The number of hydrogen-bond donors (Lipinski definition) is 0. The molecule has 1 aromatic rings. The lowest BCUT2D eigenvalue weighted by atomic mass is 9.80. The highest BCUT2D eigenvalue weighted by Crippen LogP contribution is 2.42. The largest absolute Gasteiger partial charge is 0.419 e. The van der Waals surface area contributed by atoms with E-state index in [2.05, 4.69) is 32.7 Å². The Morgan fingerprint density at radius 3 is 2.32 bits per heavy atom. The molecule has 1 saturated heterocycles. The molecule has 25 heavy (non-hydrogen) atoms. The minimum Gasteiger partial charge on any atom is -0.419 e. The normalized spacial score (nSPS) is 24.3. The first-order valence-corrected chi connectivity index (χ1v) is 8.56. The van der Waals surface area contributed by atoms with Crippen LogP contribution in [0.5, 0.6) is 0 Å². The highest BCUT2D eigenvalue weighted by atomic mass is 16.7. The molecule has 0 saturated carbocycles. The third-order valence-corrected chi connectivity index (χ3v) is 5.09. The minimum absolute atomic E-state index is 0.0728. The maximum absolute atomic E-state index is 12.1. The highest BCUT2D eigenvalue weighted by molar-refractivity contribution is 6.18. The number of anilines is 1. The number of cyclic esters (lactones) is 2. The van der Waals surface area contributed by atoms with Gasteiger partial charge in [-0.3, -0.25) is 0 Å². The van der Waals surface area contributed by atoms with Crippen LogP contribution < -0.4 is 4.90 Å². The average Bonchev–Trinajstić information content (AvgIpc) is 2.47. The van der Waals surface area contributed by atoms with Gasteiger partial charge in [0.05, 0.1) is 0 Å².